The minimum Gasteiger partial charge on any atom is -0.508 e. The Kier molecular flexibility index (Phi) is 5.34. The number of anilines is 1. The molecule has 0 amide bonds. The molecule has 1 fully saturated rings. The Morgan fingerprint density at radius 3 is 2.69 bits per heavy atom. The standard InChI is InChI=1S/C19H21N5O2/c1-23(2)7-6-17-16(13-20)19(24-8-10-26-11-9-24)22-18(21-17)14-4-3-5-15(25)12-14/h3-7,12,25H,8-11H2,1-2H3. The number of nitriles is 1. The summed E-state index contributed by atoms with van der Waals surface area (Å²) in [6.07, 6.45) is 3.65. The fraction of sp³-hybridized carbons (Fsp3) is 0.316. The molecule has 26 heavy (non-hydrogen) atoms. The highest BCUT2D eigenvalue weighted by Gasteiger charge is 2.21. The average molecular weight is 351 g/mol. The number of benzene rings is 1. The van der Waals surface area contributed by atoms with Gasteiger partial charge in [-0.05, 0) is 18.2 Å². The number of rotatable bonds is 4. The smallest absolute Gasteiger partial charge is 0.162 e. The van der Waals surface area contributed by atoms with Crippen molar-refractivity contribution in [2.75, 3.05) is 45.3 Å². The zero-order valence-corrected chi connectivity index (χ0v) is 14.9. The van der Waals surface area contributed by atoms with Gasteiger partial charge in [-0.3, -0.25) is 0 Å². The summed E-state index contributed by atoms with van der Waals surface area (Å²) in [6, 6.07) is 9.05. The molecule has 134 valence electrons. The highest BCUT2D eigenvalue weighted by atomic mass is 16.5. The number of nitrogens with zero attached hydrogens (tertiary/aromatic N) is 5. The Hall–Kier alpha value is -3.11. The van der Waals surface area contributed by atoms with E-state index in [4.69, 9.17) is 4.74 Å². The molecule has 2 heterocycles. The van der Waals surface area contributed by atoms with E-state index in [9.17, 15) is 10.4 Å². The van der Waals surface area contributed by atoms with E-state index in [0.717, 1.165) is 0 Å². The van der Waals surface area contributed by atoms with E-state index in [1.165, 1.54) is 0 Å². The average Bonchev–Trinajstić information content (AvgIpc) is 2.66. The van der Waals surface area contributed by atoms with Crippen LogP contribution in [0.15, 0.2) is 30.5 Å². The second-order valence-electron chi connectivity index (χ2n) is 6.17. The van der Waals surface area contributed by atoms with Crippen molar-refractivity contribution in [3.05, 3.63) is 41.7 Å². The number of phenolic OH excluding ortho intramolecular Hbond substituents is 1. The molecule has 2 aromatic rings. The summed E-state index contributed by atoms with van der Waals surface area (Å²) >= 11 is 0. The minimum absolute atomic E-state index is 0.147. The molecule has 0 saturated carbocycles. The number of hydrogen-bond acceptors (Lipinski definition) is 7. The maximum atomic E-state index is 9.78. The third-order valence-corrected chi connectivity index (χ3v) is 3.98. The van der Waals surface area contributed by atoms with Crippen LogP contribution in [0.25, 0.3) is 17.5 Å². The van der Waals surface area contributed by atoms with Gasteiger partial charge in [-0.1, -0.05) is 12.1 Å². The summed E-state index contributed by atoms with van der Waals surface area (Å²) in [7, 11) is 3.81. The highest BCUT2D eigenvalue weighted by molar-refractivity contribution is 5.69. The molecule has 1 aromatic heterocycles. The van der Waals surface area contributed by atoms with Crippen LogP contribution in [0.5, 0.6) is 5.75 Å². The minimum atomic E-state index is 0.147. The van der Waals surface area contributed by atoms with Crippen molar-refractivity contribution in [1.82, 2.24) is 14.9 Å². The van der Waals surface area contributed by atoms with E-state index in [1.54, 1.807) is 24.3 Å². The zero-order valence-electron chi connectivity index (χ0n) is 14.9. The highest BCUT2D eigenvalue weighted by Crippen LogP contribution is 2.27. The number of ether oxygens (including phenoxy) is 1. The topological polar surface area (TPSA) is 85.5 Å². The molecule has 0 unspecified atom stereocenters. The lowest BCUT2D eigenvalue weighted by Gasteiger charge is -2.29. The zero-order chi connectivity index (χ0) is 18.5. The van der Waals surface area contributed by atoms with Gasteiger partial charge in [-0.15, -0.1) is 0 Å². The van der Waals surface area contributed by atoms with Crippen molar-refractivity contribution in [2.24, 2.45) is 0 Å². The van der Waals surface area contributed by atoms with Crippen LogP contribution in [0.3, 0.4) is 0 Å². The first kappa shape index (κ1) is 17.7. The van der Waals surface area contributed by atoms with Crippen LogP contribution in [0, 0.1) is 11.3 Å². The van der Waals surface area contributed by atoms with Gasteiger partial charge in [0.2, 0.25) is 0 Å². The lowest BCUT2D eigenvalue weighted by Crippen LogP contribution is -2.37. The van der Waals surface area contributed by atoms with Crippen molar-refractivity contribution in [2.45, 2.75) is 0 Å². The molecule has 0 bridgehead atoms. The summed E-state index contributed by atoms with van der Waals surface area (Å²) in [5.74, 6) is 1.22. The van der Waals surface area contributed by atoms with Gasteiger partial charge in [0.05, 0.1) is 18.9 Å². The normalized spacial score (nSPS) is 14.4. The van der Waals surface area contributed by atoms with Gasteiger partial charge >= 0.3 is 0 Å². The second kappa shape index (κ2) is 7.85. The van der Waals surface area contributed by atoms with Gasteiger partial charge in [0.15, 0.2) is 11.6 Å². The largest absolute Gasteiger partial charge is 0.508 e. The van der Waals surface area contributed by atoms with E-state index in [-0.39, 0.29) is 5.75 Å². The predicted molar refractivity (Wildman–Crippen MR) is 99.6 cm³/mol. The summed E-state index contributed by atoms with van der Waals surface area (Å²) < 4.78 is 5.41. The van der Waals surface area contributed by atoms with E-state index in [2.05, 4.69) is 16.0 Å². The number of aromatic nitrogens is 2. The summed E-state index contributed by atoms with van der Waals surface area (Å²) in [5, 5.41) is 19.5. The lowest BCUT2D eigenvalue weighted by atomic mass is 10.1. The molecule has 7 nitrogen and oxygen atoms in total. The van der Waals surface area contributed by atoms with Crippen molar-refractivity contribution in [3.8, 4) is 23.2 Å². The molecule has 0 aliphatic carbocycles. The van der Waals surface area contributed by atoms with Crippen molar-refractivity contribution >= 4 is 11.9 Å². The Balaban J connectivity index is 2.16. The number of morpholine rings is 1. The summed E-state index contributed by atoms with van der Waals surface area (Å²) in [6.45, 7) is 2.53. The van der Waals surface area contributed by atoms with Crippen LogP contribution < -0.4 is 4.90 Å². The van der Waals surface area contributed by atoms with Crippen LogP contribution in [0.1, 0.15) is 11.3 Å². The van der Waals surface area contributed by atoms with Gasteiger partial charge in [-0.25, -0.2) is 9.97 Å². The molecule has 3 rings (SSSR count). The molecule has 0 atom stereocenters. The fourth-order valence-corrected chi connectivity index (χ4v) is 2.69. The number of phenols is 1. The van der Waals surface area contributed by atoms with Crippen molar-refractivity contribution in [1.29, 1.82) is 5.26 Å². The van der Waals surface area contributed by atoms with E-state index >= 15 is 0 Å². The van der Waals surface area contributed by atoms with Crippen LogP contribution >= 0.6 is 0 Å². The third kappa shape index (κ3) is 3.92. The van der Waals surface area contributed by atoms with Gasteiger partial charge in [0.1, 0.15) is 17.4 Å². The first-order chi connectivity index (χ1) is 12.6. The molecule has 0 radical (unpaired) electrons. The Morgan fingerprint density at radius 2 is 2.04 bits per heavy atom. The van der Waals surface area contributed by atoms with E-state index in [0.29, 0.717) is 54.8 Å². The fourth-order valence-electron chi connectivity index (χ4n) is 2.69. The van der Waals surface area contributed by atoms with Gasteiger partial charge < -0.3 is 19.6 Å². The lowest BCUT2D eigenvalue weighted by molar-refractivity contribution is 0.122. The Labute approximate surface area is 152 Å². The van der Waals surface area contributed by atoms with Crippen LogP contribution in [-0.4, -0.2) is 60.4 Å². The van der Waals surface area contributed by atoms with Gasteiger partial charge in [-0.2, -0.15) is 5.26 Å². The SMILES string of the molecule is CN(C)C=Cc1nc(-c2cccc(O)c2)nc(N2CCOCC2)c1C#N. The van der Waals surface area contributed by atoms with Crippen LogP contribution in [0.4, 0.5) is 5.82 Å². The predicted octanol–water partition coefficient (Wildman–Crippen LogP) is 2.09. The van der Waals surface area contributed by atoms with E-state index in [1.807, 2.05) is 36.2 Å². The number of aromatic hydroxyl groups is 1. The quantitative estimate of drug-likeness (QED) is 0.902. The first-order valence-electron chi connectivity index (χ1n) is 8.37. The second-order valence-corrected chi connectivity index (χ2v) is 6.17. The molecular formula is C19H21N5O2. The van der Waals surface area contributed by atoms with Gasteiger partial charge in [0, 0.05) is 38.9 Å². The Morgan fingerprint density at radius 1 is 1.27 bits per heavy atom. The molecule has 1 aliphatic heterocycles. The van der Waals surface area contributed by atoms with E-state index < -0.39 is 0 Å². The summed E-state index contributed by atoms with van der Waals surface area (Å²) in [5.41, 5.74) is 1.69. The summed E-state index contributed by atoms with van der Waals surface area (Å²) in [4.78, 5) is 13.1. The molecule has 7 heteroatoms. The molecular weight excluding hydrogens is 330 g/mol. The van der Waals surface area contributed by atoms with Crippen LogP contribution in [-0.2, 0) is 4.74 Å². The first-order valence-corrected chi connectivity index (χ1v) is 8.37. The molecule has 1 saturated heterocycles. The molecule has 1 aromatic carbocycles. The maximum Gasteiger partial charge on any atom is 0.162 e. The van der Waals surface area contributed by atoms with Gasteiger partial charge in [0.25, 0.3) is 0 Å². The molecule has 0 spiro atoms. The van der Waals surface area contributed by atoms with Crippen molar-refractivity contribution in [3.63, 3.8) is 0 Å². The number of hydrogen-bond donors (Lipinski definition) is 1. The van der Waals surface area contributed by atoms with Crippen LogP contribution in [0.2, 0.25) is 0 Å². The maximum absolute atomic E-state index is 9.78. The molecule has 1 N–H and O–H groups in total. The molecule has 1 aliphatic rings. The Bertz CT molecular complexity index is 851. The van der Waals surface area contributed by atoms with Crippen molar-refractivity contribution < 1.29 is 9.84 Å². The monoisotopic (exact) mass is 351 g/mol. The third-order valence-electron chi connectivity index (χ3n) is 3.98.